The van der Waals surface area contributed by atoms with E-state index in [1.165, 1.54) is 0 Å². The molecular formula is C12H19NO2. The summed E-state index contributed by atoms with van der Waals surface area (Å²) in [6.45, 7) is 6.06. The highest BCUT2D eigenvalue weighted by Crippen LogP contribution is 2.32. The zero-order valence-corrected chi connectivity index (χ0v) is 9.54. The molecule has 0 saturated heterocycles. The second-order valence-corrected chi connectivity index (χ2v) is 3.99. The smallest absolute Gasteiger partial charge is 0.121 e. The van der Waals surface area contributed by atoms with Gasteiger partial charge in [0.2, 0.25) is 0 Å². The molecule has 1 aromatic carbocycles. The van der Waals surface area contributed by atoms with Crippen molar-refractivity contribution in [2.45, 2.75) is 33.3 Å². The summed E-state index contributed by atoms with van der Waals surface area (Å²) in [5.74, 6) is 0.270. The van der Waals surface area contributed by atoms with Crippen LogP contribution in [0.5, 0.6) is 5.75 Å². The summed E-state index contributed by atoms with van der Waals surface area (Å²) in [5.41, 5.74) is 8.82. The minimum Gasteiger partial charge on any atom is -0.507 e. The molecule has 0 saturated carbocycles. The van der Waals surface area contributed by atoms with Gasteiger partial charge in [-0.1, -0.05) is 6.07 Å². The van der Waals surface area contributed by atoms with E-state index in [2.05, 4.69) is 0 Å². The maximum absolute atomic E-state index is 9.91. The third-order valence-electron chi connectivity index (χ3n) is 2.76. The minimum atomic E-state index is -0.582. The van der Waals surface area contributed by atoms with Crippen molar-refractivity contribution in [2.24, 2.45) is 5.73 Å². The lowest BCUT2D eigenvalue weighted by Gasteiger charge is -2.18. The van der Waals surface area contributed by atoms with E-state index >= 15 is 0 Å². The molecule has 1 rings (SSSR count). The number of nitrogens with two attached hydrogens (primary N) is 1. The van der Waals surface area contributed by atoms with Gasteiger partial charge in [0.05, 0.1) is 6.10 Å². The predicted octanol–water partition coefficient (Wildman–Crippen LogP) is 1.70. The van der Waals surface area contributed by atoms with Crippen LogP contribution in [0, 0.1) is 20.8 Å². The predicted molar refractivity (Wildman–Crippen MR) is 60.9 cm³/mol. The zero-order valence-electron chi connectivity index (χ0n) is 9.54. The van der Waals surface area contributed by atoms with Crippen LogP contribution in [-0.2, 0) is 0 Å². The Balaban J connectivity index is 3.23. The van der Waals surface area contributed by atoms with E-state index < -0.39 is 6.10 Å². The van der Waals surface area contributed by atoms with Crippen LogP contribution in [0.25, 0.3) is 0 Å². The van der Waals surface area contributed by atoms with E-state index in [0.29, 0.717) is 13.0 Å². The first kappa shape index (κ1) is 12.0. The van der Waals surface area contributed by atoms with Crippen molar-refractivity contribution in [1.82, 2.24) is 0 Å². The summed E-state index contributed by atoms with van der Waals surface area (Å²) in [4.78, 5) is 0. The number of aromatic hydroxyl groups is 1. The molecule has 0 bridgehead atoms. The van der Waals surface area contributed by atoms with E-state index in [1.807, 2.05) is 26.8 Å². The summed E-state index contributed by atoms with van der Waals surface area (Å²) >= 11 is 0. The SMILES string of the molecule is Cc1cc(C)c(C(O)CCN)c(C)c1O. The molecule has 0 aliphatic carbocycles. The number of aliphatic hydroxyl groups is 1. The average molecular weight is 209 g/mol. The van der Waals surface area contributed by atoms with Crippen LogP contribution in [-0.4, -0.2) is 16.8 Å². The lowest BCUT2D eigenvalue weighted by Crippen LogP contribution is -2.09. The molecular weight excluding hydrogens is 190 g/mol. The molecule has 0 aliphatic rings. The van der Waals surface area contributed by atoms with Gasteiger partial charge in [0.15, 0.2) is 0 Å². The lowest BCUT2D eigenvalue weighted by atomic mass is 9.93. The number of phenolic OH excluding ortho intramolecular Hbond substituents is 1. The number of aryl methyl sites for hydroxylation is 2. The normalized spacial score (nSPS) is 12.9. The number of rotatable bonds is 3. The molecule has 3 heteroatoms. The average Bonchev–Trinajstić information content (AvgIpc) is 2.15. The number of hydrogen-bond donors (Lipinski definition) is 3. The van der Waals surface area contributed by atoms with Crippen molar-refractivity contribution in [3.05, 3.63) is 28.3 Å². The van der Waals surface area contributed by atoms with Crippen molar-refractivity contribution in [1.29, 1.82) is 0 Å². The van der Waals surface area contributed by atoms with E-state index in [-0.39, 0.29) is 5.75 Å². The van der Waals surface area contributed by atoms with Gasteiger partial charge >= 0.3 is 0 Å². The Morgan fingerprint density at radius 2 is 1.87 bits per heavy atom. The topological polar surface area (TPSA) is 66.5 Å². The first-order valence-corrected chi connectivity index (χ1v) is 5.16. The maximum Gasteiger partial charge on any atom is 0.121 e. The maximum atomic E-state index is 9.91. The second kappa shape index (κ2) is 4.64. The molecule has 0 amide bonds. The van der Waals surface area contributed by atoms with Crippen LogP contribution < -0.4 is 5.73 Å². The van der Waals surface area contributed by atoms with Crippen molar-refractivity contribution >= 4 is 0 Å². The van der Waals surface area contributed by atoms with Gasteiger partial charge in [0, 0.05) is 0 Å². The monoisotopic (exact) mass is 209 g/mol. The van der Waals surface area contributed by atoms with Gasteiger partial charge in [-0.2, -0.15) is 0 Å². The van der Waals surface area contributed by atoms with Crippen LogP contribution in [0.4, 0.5) is 0 Å². The fourth-order valence-electron chi connectivity index (χ4n) is 2.00. The molecule has 0 aliphatic heterocycles. The van der Waals surface area contributed by atoms with Gasteiger partial charge in [0.25, 0.3) is 0 Å². The summed E-state index contributed by atoms with van der Waals surface area (Å²) in [6, 6.07) is 1.89. The molecule has 0 spiro atoms. The number of aliphatic hydroxyl groups excluding tert-OH is 1. The Labute approximate surface area is 90.5 Å². The molecule has 1 atom stereocenters. The van der Waals surface area contributed by atoms with E-state index in [0.717, 1.165) is 22.3 Å². The van der Waals surface area contributed by atoms with E-state index in [4.69, 9.17) is 5.73 Å². The molecule has 1 aromatic rings. The Bertz CT molecular complexity index is 361. The molecule has 0 aromatic heterocycles. The van der Waals surface area contributed by atoms with E-state index in [1.54, 1.807) is 0 Å². The fraction of sp³-hybridized carbons (Fsp3) is 0.500. The van der Waals surface area contributed by atoms with Gasteiger partial charge in [-0.05, 0) is 56.0 Å². The van der Waals surface area contributed by atoms with E-state index in [9.17, 15) is 10.2 Å². The highest BCUT2D eigenvalue weighted by atomic mass is 16.3. The van der Waals surface area contributed by atoms with Crippen molar-refractivity contribution in [2.75, 3.05) is 6.54 Å². The quantitative estimate of drug-likeness (QED) is 0.709. The molecule has 0 fully saturated rings. The zero-order chi connectivity index (χ0) is 11.6. The Morgan fingerprint density at radius 1 is 1.27 bits per heavy atom. The first-order chi connectivity index (χ1) is 6.99. The molecule has 84 valence electrons. The second-order valence-electron chi connectivity index (χ2n) is 3.99. The number of benzene rings is 1. The van der Waals surface area contributed by atoms with Crippen LogP contribution in [0.3, 0.4) is 0 Å². The third kappa shape index (κ3) is 2.30. The molecule has 1 unspecified atom stereocenters. The Morgan fingerprint density at radius 3 is 2.40 bits per heavy atom. The van der Waals surface area contributed by atoms with Crippen molar-refractivity contribution < 1.29 is 10.2 Å². The standard InChI is InChI=1S/C12H19NO2/c1-7-6-8(2)12(15)9(3)11(7)10(14)4-5-13/h6,10,14-15H,4-5,13H2,1-3H3. The minimum absolute atomic E-state index is 0.270. The van der Waals surface area contributed by atoms with Gasteiger partial charge in [-0.3, -0.25) is 0 Å². The third-order valence-corrected chi connectivity index (χ3v) is 2.76. The largest absolute Gasteiger partial charge is 0.507 e. The molecule has 0 heterocycles. The Hall–Kier alpha value is -1.06. The van der Waals surface area contributed by atoms with Gasteiger partial charge in [-0.25, -0.2) is 0 Å². The molecule has 4 N–H and O–H groups in total. The highest BCUT2D eigenvalue weighted by Gasteiger charge is 2.16. The van der Waals surface area contributed by atoms with Crippen LogP contribution in [0.1, 0.15) is 34.8 Å². The van der Waals surface area contributed by atoms with Crippen molar-refractivity contribution in [3.63, 3.8) is 0 Å². The van der Waals surface area contributed by atoms with Crippen LogP contribution in [0.15, 0.2) is 6.07 Å². The number of hydrogen-bond acceptors (Lipinski definition) is 3. The molecule has 3 nitrogen and oxygen atoms in total. The lowest BCUT2D eigenvalue weighted by molar-refractivity contribution is 0.168. The van der Waals surface area contributed by atoms with Crippen LogP contribution >= 0.6 is 0 Å². The Kier molecular flexibility index (Phi) is 3.72. The van der Waals surface area contributed by atoms with Crippen LogP contribution in [0.2, 0.25) is 0 Å². The molecule has 0 radical (unpaired) electrons. The summed E-state index contributed by atoms with van der Waals surface area (Å²) < 4.78 is 0. The highest BCUT2D eigenvalue weighted by molar-refractivity contribution is 5.49. The summed E-state index contributed by atoms with van der Waals surface area (Å²) in [6.07, 6.45) is -0.0639. The molecule has 15 heavy (non-hydrogen) atoms. The van der Waals surface area contributed by atoms with Crippen molar-refractivity contribution in [3.8, 4) is 5.75 Å². The number of phenols is 1. The summed E-state index contributed by atoms with van der Waals surface area (Å²) in [5, 5.41) is 19.7. The van der Waals surface area contributed by atoms with Gasteiger partial charge < -0.3 is 15.9 Å². The fourth-order valence-corrected chi connectivity index (χ4v) is 2.00. The first-order valence-electron chi connectivity index (χ1n) is 5.16. The summed E-state index contributed by atoms with van der Waals surface area (Å²) in [7, 11) is 0. The van der Waals surface area contributed by atoms with Gasteiger partial charge in [-0.15, -0.1) is 0 Å². The van der Waals surface area contributed by atoms with Gasteiger partial charge in [0.1, 0.15) is 5.75 Å².